The number of carbonyl (C=O) groups is 2. The summed E-state index contributed by atoms with van der Waals surface area (Å²) in [6.07, 6.45) is 0. The first-order chi connectivity index (χ1) is 15.1. The molecular weight excluding hydrogens is 415 g/mol. The smallest absolute Gasteiger partial charge is 0.267 e. The Kier molecular flexibility index (Phi) is 6.38. The molecule has 0 bridgehead atoms. The molecule has 0 aliphatic rings. The van der Waals surface area contributed by atoms with E-state index in [2.05, 4.69) is 15.7 Å². The highest BCUT2D eigenvalue weighted by molar-refractivity contribution is 5.98. The minimum atomic E-state index is -1.39. The van der Waals surface area contributed by atoms with E-state index in [9.17, 15) is 18.8 Å². The van der Waals surface area contributed by atoms with Gasteiger partial charge in [-0.1, -0.05) is 0 Å². The van der Waals surface area contributed by atoms with Crippen molar-refractivity contribution in [1.29, 1.82) is 0 Å². The molecule has 0 unspecified atom stereocenters. The fourth-order valence-corrected chi connectivity index (χ4v) is 3.04. The van der Waals surface area contributed by atoms with Crippen molar-refractivity contribution in [3.63, 3.8) is 0 Å². The molecule has 1 aromatic heterocycles. The van der Waals surface area contributed by atoms with E-state index in [1.807, 2.05) is 0 Å². The normalized spacial score (nSPS) is 11.0. The number of anilines is 2. The topological polar surface area (TPSA) is 102 Å². The zero-order chi connectivity index (χ0) is 23.5. The van der Waals surface area contributed by atoms with Gasteiger partial charge in [-0.25, -0.2) is 9.07 Å². The minimum Gasteiger partial charge on any atom is -0.495 e. The molecule has 8 nitrogen and oxygen atoms in total. The van der Waals surface area contributed by atoms with E-state index in [4.69, 9.17) is 4.74 Å². The van der Waals surface area contributed by atoms with Crippen LogP contribution in [-0.2, 0) is 15.1 Å². The zero-order valence-corrected chi connectivity index (χ0v) is 18.1. The molecule has 3 rings (SSSR count). The van der Waals surface area contributed by atoms with Gasteiger partial charge in [-0.2, -0.15) is 5.10 Å². The van der Waals surface area contributed by atoms with Gasteiger partial charge >= 0.3 is 0 Å². The lowest BCUT2D eigenvalue weighted by Gasteiger charge is -2.26. The Hall–Kier alpha value is -4.01. The van der Waals surface area contributed by atoms with Gasteiger partial charge in [0.1, 0.15) is 17.1 Å². The highest BCUT2D eigenvalue weighted by Gasteiger charge is 2.33. The summed E-state index contributed by atoms with van der Waals surface area (Å²) in [5.74, 6) is -0.802. The van der Waals surface area contributed by atoms with Crippen LogP contribution in [0.2, 0.25) is 0 Å². The number of ether oxygens (including phenoxy) is 1. The number of nitrogens with one attached hydrogen (secondary N) is 2. The lowest BCUT2D eigenvalue weighted by Crippen LogP contribution is -2.47. The maximum Gasteiger partial charge on any atom is 0.267 e. The summed E-state index contributed by atoms with van der Waals surface area (Å²) in [4.78, 5) is 37.1. The Morgan fingerprint density at radius 3 is 2.34 bits per heavy atom. The number of benzene rings is 2. The summed E-state index contributed by atoms with van der Waals surface area (Å²) in [5, 5.41) is 9.72. The average molecular weight is 438 g/mol. The number of carbonyl (C=O) groups excluding carboxylic acids is 2. The highest BCUT2D eigenvalue weighted by Crippen LogP contribution is 2.29. The van der Waals surface area contributed by atoms with E-state index in [-0.39, 0.29) is 5.91 Å². The van der Waals surface area contributed by atoms with Crippen molar-refractivity contribution >= 4 is 23.2 Å². The first-order valence-corrected chi connectivity index (χ1v) is 9.75. The monoisotopic (exact) mass is 438 g/mol. The molecule has 2 aromatic carbocycles. The molecule has 2 amide bonds. The van der Waals surface area contributed by atoms with Crippen molar-refractivity contribution in [3.8, 4) is 17.0 Å². The van der Waals surface area contributed by atoms with Gasteiger partial charge in [0.25, 0.3) is 11.5 Å². The number of hydrogen-bond donors (Lipinski definition) is 2. The fraction of sp³-hybridized carbons (Fsp3) is 0.217. The van der Waals surface area contributed by atoms with Crippen LogP contribution in [0.4, 0.5) is 15.8 Å². The minimum absolute atomic E-state index is 0.263. The molecule has 0 fully saturated rings. The number of halogens is 1. The molecular formula is C23H23FN4O4. The third-order valence-electron chi connectivity index (χ3n) is 4.79. The Bertz CT molecular complexity index is 1220. The summed E-state index contributed by atoms with van der Waals surface area (Å²) in [5.41, 5.74) is -0.0615. The number of aromatic nitrogens is 2. The van der Waals surface area contributed by atoms with Crippen LogP contribution in [0, 0.1) is 5.82 Å². The number of hydrogen-bond acceptors (Lipinski definition) is 5. The van der Waals surface area contributed by atoms with Crippen LogP contribution in [0.15, 0.2) is 59.4 Å². The van der Waals surface area contributed by atoms with Crippen LogP contribution in [-0.4, -0.2) is 28.7 Å². The van der Waals surface area contributed by atoms with Crippen molar-refractivity contribution in [2.45, 2.75) is 26.3 Å². The second kappa shape index (κ2) is 9.01. The van der Waals surface area contributed by atoms with Gasteiger partial charge < -0.3 is 15.4 Å². The number of amides is 2. The quantitative estimate of drug-likeness (QED) is 0.614. The van der Waals surface area contributed by atoms with E-state index >= 15 is 0 Å². The molecule has 2 N–H and O–H groups in total. The molecule has 0 aliphatic heterocycles. The van der Waals surface area contributed by atoms with E-state index in [1.165, 1.54) is 50.4 Å². The predicted octanol–water partition coefficient (Wildman–Crippen LogP) is 3.39. The first-order valence-electron chi connectivity index (χ1n) is 9.75. The van der Waals surface area contributed by atoms with Crippen LogP contribution < -0.4 is 20.9 Å². The van der Waals surface area contributed by atoms with Crippen LogP contribution in [0.1, 0.15) is 20.8 Å². The Morgan fingerprint density at radius 2 is 1.72 bits per heavy atom. The first kappa shape index (κ1) is 22.7. The van der Waals surface area contributed by atoms with Gasteiger partial charge in [-0.3, -0.25) is 14.4 Å². The van der Waals surface area contributed by atoms with Gasteiger partial charge in [-0.15, -0.1) is 0 Å². The molecule has 0 spiro atoms. The largest absolute Gasteiger partial charge is 0.495 e. The van der Waals surface area contributed by atoms with Gasteiger partial charge in [0.15, 0.2) is 0 Å². The van der Waals surface area contributed by atoms with Crippen molar-refractivity contribution in [1.82, 2.24) is 9.78 Å². The number of nitrogens with zero attached hydrogens (tertiary/aromatic N) is 2. The molecule has 9 heteroatoms. The second-order valence-electron chi connectivity index (χ2n) is 7.58. The van der Waals surface area contributed by atoms with Crippen molar-refractivity contribution in [3.05, 3.63) is 70.8 Å². The molecule has 32 heavy (non-hydrogen) atoms. The number of methoxy groups -OCH3 is 1. The van der Waals surface area contributed by atoms with Gasteiger partial charge in [0.05, 0.1) is 18.5 Å². The molecule has 0 atom stereocenters. The molecule has 0 saturated carbocycles. The van der Waals surface area contributed by atoms with Crippen LogP contribution >= 0.6 is 0 Å². The molecule has 166 valence electrons. The molecule has 0 radical (unpaired) electrons. The van der Waals surface area contributed by atoms with Crippen LogP contribution in [0.5, 0.6) is 5.75 Å². The van der Waals surface area contributed by atoms with Gasteiger partial charge in [0.2, 0.25) is 5.91 Å². The van der Waals surface area contributed by atoms with Crippen molar-refractivity contribution in [2.24, 2.45) is 0 Å². The van der Waals surface area contributed by atoms with Crippen LogP contribution in [0.3, 0.4) is 0 Å². The average Bonchev–Trinajstić information content (AvgIpc) is 2.74. The summed E-state index contributed by atoms with van der Waals surface area (Å²) in [7, 11) is 1.45. The Labute approximate surface area is 184 Å². The Morgan fingerprint density at radius 1 is 1.03 bits per heavy atom. The van der Waals surface area contributed by atoms with Gasteiger partial charge in [0, 0.05) is 24.2 Å². The summed E-state index contributed by atoms with van der Waals surface area (Å²) < 4.78 is 19.6. The fourth-order valence-electron chi connectivity index (χ4n) is 3.04. The predicted molar refractivity (Wildman–Crippen MR) is 119 cm³/mol. The summed E-state index contributed by atoms with van der Waals surface area (Å²) in [6, 6.07) is 13.3. The summed E-state index contributed by atoms with van der Waals surface area (Å²) in [6.45, 7) is 4.47. The molecule has 0 aliphatic carbocycles. The SMILES string of the molecule is COc1ccc(NC(C)=O)cc1NC(=O)C(C)(C)n1nc(-c2ccc(F)cc2)ccc1=O. The van der Waals surface area contributed by atoms with Crippen molar-refractivity contribution in [2.75, 3.05) is 17.7 Å². The summed E-state index contributed by atoms with van der Waals surface area (Å²) >= 11 is 0. The maximum atomic E-state index is 13.2. The van der Waals surface area contributed by atoms with Crippen LogP contribution in [0.25, 0.3) is 11.3 Å². The van der Waals surface area contributed by atoms with Gasteiger partial charge in [-0.05, 0) is 62.4 Å². The second-order valence-corrected chi connectivity index (χ2v) is 7.58. The van der Waals surface area contributed by atoms with E-state index in [0.717, 1.165) is 4.68 Å². The standard InChI is InChI=1S/C23H23FN4O4/c1-14(29)25-17-9-11-20(32-4)19(13-17)26-22(31)23(2,3)28-21(30)12-10-18(27-28)15-5-7-16(24)8-6-15/h5-13H,1-4H3,(H,25,29)(H,26,31). The van der Waals surface area contributed by atoms with E-state index in [1.54, 1.807) is 32.0 Å². The van der Waals surface area contributed by atoms with Crippen molar-refractivity contribution < 1.29 is 18.7 Å². The maximum absolute atomic E-state index is 13.2. The third-order valence-corrected chi connectivity index (χ3v) is 4.79. The Balaban J connectivity index is 1.95. The molecule has 0 saturated heterocycles. The lowest BCUT2D eigenvalue weighted by atomic mass is 10.0. The molecule has 3 aromatic rings. The third kappa shape index (κ3) is 4.83. The van der Waals surface area contributed by atoms with E-state index < -0.39 is 22.8 Å². The zero-order valence-electron chi connectivity index (χ0n) is 18.1. The lowest BCUT2D eigenvalue weighted by molar-refractivity contribution is -0.123. The highest BCUT2D eigenvalue weighted by atomic mass is 19.1. The molecule has 1 heterocycles. The number of rotatable bonds is 6. The van der Waals surface area contributed by atoms with E-state index in [0.29, 0.717) is 28.4 Å².